The van der Waals surface area contributed by atoms with Crippen molar-refractivity contribution in [3.8, 4) is 11.5 Å². The van der Waals surface area contributed by atoms with Gasteiger partial charge < -0.3 is 15.2 Å². The fraction of sp³-hybridized carbons (Fsp3) is 0.200. The third-order valence-electron chi connectivity index (χ3n) is 3.07. The first-order valence-corrected chi connectivity index (χ1v) is 7.79. The average Bonchev–Trinajstić information content (AvgIpc) is 2.44. The van der Waals surface area contributed by atoms with Crippen LogP contribution in [0.4, 0.5) is 10.1 Å². The SMILES string of the molecule is COc1cc(NC(C)c2cc(F)ccc2O)c(Br)cc1Br. The Morgan fingerprint density at radius 1 is 1.19 bits per heavy atom. The summed E-state index contributed by atoms with van der Waals surface area (Å²) >= 11 is 6.86. The number of halogens is 3. The summed E-state index contributed by atoms with van der Waals surface area (Å²) in [6.07, 6.45) is 0. The summed E-state index contributed by atoms with van der Waals surface area (Å²) in [6.45, 7) is 1.84. The highest BCUT2D eigenvalue weighted by Crippen LogP contribution is 2.37. The number of phenolic OH excluding ortho intramolecular Hbond substituents is 1. The van der Waals surface area contributed by atoms with Gasteiger partial charge in [-0.25, -0.2) is 4.39 Å². The van der Waals surface area contributed by atoms with Gasteiger partial charge in [0.25, 0.3) is 0 Å². The predicted octanol–water partition coefficient (Wildman–Crippen LogP) is 5.24. The van der Waals surface area contributed by atoms with Crippen molar-refractivity contribution < 1.29 is 14.2 Å². The Hall–Kier alpha value is -1.27. The van der Waals surface area contributed by atoms with Gasteiger partial charge in [-0.15, -0.1) is 0 Å². The van der Waals surface area contributed by atoms with E-state index in [0.717, 1.165) is 14.6 Å². The van der Waals surface area contributed by atoms with E-state index in [1.54, 1.807) is 7.11 Å². The zero-order valence-electron chi connectivity index (χ0n) is 11.5. The summed E-state index contributed by atoms with van der Waals surface area (Å²) in [5.41, 5.74) is 1.27. The number of phenols is 1. The van der Waals surface area contributed by atoms with Gasteiger partial charge in [0.2, 0.25) is 0 Å². The number of ether oxygens (including phenoxy) is 1. The molecule has 0 aliphatic carbocycles. The first-order chi connectivity index (χ1) is 9.92. The Labute approximate surface area is 139 Å². The van der Waals surface area contributed by atoms with Crippen LogP contribution >= 0.6 is 31.9 Å². The lowest BCUT2D eigenvalue weighted by molar-refractivity contribution is 0.412. The highest BCUT2D eigenvalue weighted by Gasteiger charge is 2.14. The Morgan fingerprint density at radius 3 is 2.57 bits per heavy atom. The summed E-state index contributed by atoms with van der Waals surface area (Å²) in [4.78, 5) is 0. The molecule has 2 aromatic carbocycles. The van der Waals surface area contributed by atoms with Crippen LogP contribution < -0.4 is 10.1 Å². The second-order valence-electron chi connectivity index (χ2n) is 4.54. The van der Waals surface area contributed by atoms with Gasteiger partial charge in [-0.05, 0) is 63.0 Å². The van der Waals surface area contributed by atoms with Crippen molar-refractivity contribution in [1.29, 1.82) is 0 Å². The zero-order valence-corrected chi connectivity index (χ0v) is 14.6. The molecule has 0 aliphatic heterocycles. The molecular weight excluding hydrogens is 405 g/mol. The summed E-state index contributed by atoms with van der Waals surface area (Å²) in [5.74, 6) is 0.344. The summed E-state index contributed by atoms with van der Waals surface area (Å²) in [5, 5.41) is 13.1. The van der Waals surface area contributed by atoms with E-state index in [1.165, 1.54) is 18.2 Å². The molecule has 0 spiro atoms. The molecule has 6 heteroatoms. The lowest BCUT2D eigenvalue weighted by Crippen LogP contribution is -2.08. The number of hydrogen-bond acceptors (Lipinski definition) is 3. The fourth-order valence-corrected chi connectivity index (χ4v) is 3.25. The van der Waals surface area contributed by atoms with Crippen LogP contribution in [0.15, 0.2) is 39.3 Å². The summed E-state index contributed by atoms with van der Waals surface area (Å²) < 4.78 is 20.2. The van der Waals surface area contributed by atoms with E-state index in [4.69, 9.17) is 4.74 Å². The smallest absolute Gasteiger partial charge is 0.135 e. The molecule has 0 saturated carbocycles. The maximum atomic E-state index is 13.3. The quantitative estimate of drug-likeness (QED) is 0.713. The normalized spacial score (nSPS) is 12.0. The second-order valence-corrected chi connectivity index (χ2v) is 6.24. The van der Waals surface area contributed by atoms with Gasteiger partial charge >= 0.3 is 0 Å². The van der Waals surface area contributed by atoms with Gasteiger partial charge in [0.15, 0.2) is 0 Å². The van der Waals surface area contributed by atoms with Gasteiger partial charge in [0.05, 0.1) is 23.3 Å². The Bertz CT molecular complexity index is 664. The summed E-state index contributed by atoms with van der Waals surface area (Å²) in [7, 11) is 1.58. The van der Waals surface area contributed by atoms with Crippen molar-refractivity contribution >= 4 is 37.5 Å². The maximum Gasteiger partial charge on any atom is 0.135 e. The topological polar surface area (TPSA) is 41.5 Å². The minimum atomic E-state index is -0.385. The zero-order chi connectivity index (χ0) is 15.6. The van der Waals surface area contributed by atoms with E-state index in [0.29, 0.717) is 11.3 Å². The molecule has 0 aromatic heterocycles. The fourth-order valence-electron chi connectivity index (χ4n) is 1.98. The van der Waals surface area contributed by atoms with E-state index in [9.17, 15) is 9.50 Å². The highest BCUT2D eigenvalue weighted by atomic mass is 79.9. The summed E-state index contributed by atoms with van der Waals surface area (Å²) in [6, 6.07) is 7.30. The van der Waals surface area contributed by atoms with Gasteiger partial charge in [-0.3, -0.25) is 0 Å². The second kappa shape index (κ2) is 6.66. The largest absolute Gasteiger partial charge is 0.508 e. The third-order valence-corrected chi connectivity index (χ3v) is 4.35. The Morgan fingerprint density at radius 2 is 1.90 bits per heavy atom. The molecule has 0 radical (unpaired) electrons. The van der Waals surface area contributed by atoms with Crippen LogP contribution in [0.3, 0.4) is 0 Å². The third kappa shape index (κ3) is 3.68. The van der Waals surface area contributed by atoms with Crippen molar-refractivity contribution in [2.45, 2.75) is 13.0 Å². The van der Waals surface area contributed by atoms with E-state index >= 15 is 0 Å². The molecule has 0 bridgehead atoms. The monoisotopic (exact) mass is 417 g/mol. The van der Waals surface area contributed by atoms with E-state index < -0.39 is 0 Å². The van der Waals surface area contributed by atoms with E-state index in [1.807, 2.05) is 19.1 Å². The van der Waals surface area contributed by atoms with Crippen LogP contribution in [-0.4, -0.2) is 12.2 Å². The number of benzene rings is 2. The average molecular weight is 419 g/mol. The minimum Gasteiger partial charge on any atom is -0.508 e. The lowest BCUT2D eigenvalue weighted by atomic mass is 10.1. The molecule has 0 saturated heterocycles. The number of rotatable bonds is 4. The Balaban J connectivity index is 2.31. The van der Waals surface area contributed by atoms with Crippen LogP contribution in [0.25, 0.3) is 0 Å². The van der Waals surface area contributed by atoms with Crippen molar-refractivity contribution in [3.63, 3.8) is 0 Å². The van der Waals surface area contributed by atoms with E-state index in [-0.39, 0.29) is 17.6 Å². The number of methoxy groups -OCH3 is 1. The number of nitrogens with one attached hydrogen (secondary N) is 1. The predicted molar refractivity (Wildman–Crippen MR) is 88.5 cm³/mol. The standard InChI is InChI=1S/C15H14Br2FNO2/c1-8(10-5-9(18)3-4-14(10)20)19-13-7-15(21-2)12(17)6-11(13)16/h3-8,19-20H,1-2H3. The first kappa shape index (κ1) is 16.1. The molecule has 21 heavy (non-hydrogen) atoms. The van der Waals surface area contributed by atoms with Crippen LogP contribution in [0, 0.1) is 5.82 Å². The van der Waals surface area contributed by atoms with Crippen molar-refractivity contribution in [2.75, 3.05) is 12.4 Å². The maximum absolute atomic E-state index is 13.3. The highest BCUT2D eigenvalue weighted by molar-refractivity contribution is 9.11. The van der Waals surface area contributed by atoms with Crippen LogP contribution in [0.5, 0.6) is 11.5 Å². The Kier molecular flexibility index (Phi) is 5.11. The molecule has 1 atom stereocenters. The number of anilines is 1. The first-order valence-electron chi connectivity index (χ1n) is 6.20. The molecule has 0 aliphatic rings. The molecule has 0 amide bonds. The van der Waals surface area contributed by atoms with Crippen LogP contribution in [0.1, 0.15) is 18.5 Å². The van der Waals surface area contributed by atoms with Crippen LogP contribution in [0.2, 0.25) is 0 Å². The number of hydrogen-bond donors (Lipinski definition) is 2. The number of aromatic hydroxyl groups is 1. The molecule has 0 fully saturated rings. The lowest BCUT2D eigenvalue weighted by Gasteiger charge is -2.19. The van der Waals surface area contributed by atoms with Gasteiger partial charge in [0.1, 0.15) is 17.3 Å². The molecule has 0 heterocycles. The van der Waals surface area contributed by atoms with Gasteiger partial charge in [-0.1, -0.05) is 0 Å². The minimum absolute atomic E-state index is 0.0524. The molecule has 1 unspecified atom stereocenters. The van der Waals surface area contributed by atoms with Crippen molar-refractivity contribution in [2.24, 2.45) is 0 Å². The molecule has 2 aromatic rings. The molecule has 3 nitrogen and oxygen atoms in total. The van der Waals surface area contributed by atoms with Crippen LogP contribution in [-0.2, 0) is 0 Å². The van der Waals surface area contributed by atoms with Crippen molar-refractivity contribution in [3.05, 3.63) is 50.7 Å². The van der Waals surface area contributed by atoms with E-state index in [2.05, 4.69) is 37.2 Å². The van der Waals surface area contributed by atoms with Crippen molar-refractivity contribution in [1.82, 2.24) is 0 Å². The van der Waals surface area contributed by atoms with Gasteiger partial charge in [0, 0.05) is 16.1 Å². The van der Waals surface area contributed by atoms with Gasteiger partial charge in [-0.2, -0.15) is 0 Å². The molecular formula is C15H14Br2FNO2. The molecule has 112 valence electrons. The molecule has 2 rings (SSSR count). The molecule has 2 N–H and O–H groups in total.